The Balaban J connectivity index is 1.66. The molecule has 3 aromatic rings. The second kappa shape index (κ2) is 6.39. The number of H-pyrrole nitrogens is 1. The van der Waals surface area contributed by atoms with E-state index >= 15 is 0 Å². The van der Waals surface area contributed by atoms with E-state index in [9.17, 15) is 9.90 Å². The van der Waals surface area contributed by atoms with Gasteiger partial charge in [0.15, 0.2) is 5.82 Å². The Labute approximate surface area is 145 Å². The highest BCUT2D eigenvalue weighted by molar-refractivity contribution is 6.00. The van der Waals surface area contributed by atoms with Crippen LogP contribution in [0.2, 0.25) is 0 Å². The Morgan fingerprint density at radius 3 is 2.76 bits per heavy atom. The fraction of sp³-hybridized carbons (Fsp3) is 0.211. The zero-order valence-electron chi connectivity index (χ0n) is 13.6. The summed E-state index contributed by atoms with van der Waals surface area (Å²) in [5.74, 6) is 0.762. The van der Waals surface area contributed by atoms with Gasteiger partial charge in [-0.3, -0.25) is 9.89 Å². The number of amides is 1. The van der Waals surface area contributed by atoms with Crippen LogP contribution in [0.4, 0.5) is 0 Å². The van der Waals surface area contributed by atoms with Gasteiger partial charge in [0.25, 0.3) is 5.91 Å². The van der Waals surface area contributed by atoms with Gasteiger partial charge in [-0.2, -0.15) is 5.10 Å². The Bertz CT molecular complexity index is 888. The zero-order valence-corrected chi connectivity index (χ0v) is 13.6. The Morgan fingerprint density at radius 1 is 1.20 bits per heavy atom. The lowest BCUT2D eigenvalue weighted by atomic mass is 10.0. The molecule has 2 aromatic carbocycles. The van der Waals surface area contributed by atoms with Crippen molar-refractivity contribution in [3.8, 4) is 17.1 Å². The molecule has 2 N–H and O–H groups in total. The number of aromatic hydroxyl groups is 1. The Hall–Kier alpha value is -3.15. The molecule has 1 heterocycles. The summed E-state index contributed by atoms with van der Waals surface area (Å²) in [4.78, 5) is 19.3. The van der Waals surface area contributed by atoms with E-state index in [-0.39, 0.29) is 17.7 Å². The number of phenols is 1. The monoisotopic (exact) mass is 334 g/mol. The van der Waals surface area contributed by atoms with Crippen molar-refractivity contribution in [1.29, 1.82) is 0 Å². The molecule has 126 valence electrons. The minimum atomic E-state index is -0.0298. The molecule has 0 aliphatic heterocycles. The van der Waals surface area contributed by atoms with Crippen molar-refractivity contribution in [3.05, 3.63) is 66.0 Å². The predicted molar refractivity (Wildman–Crippen MR) is 92.8 cm³/mol. The molecule has 6 heteroatoms. The maximum absolute atomic E-state index is 13.2. The van der Waals surface area contributed by atoms with Crippen LogP contribution in [0.1, 0.15) is 28.8 Å². The average molecular weight is 334 g/mol. The third-order valence-electron chi connectivity index (χ3n) is 4.34. The predicted octanol–water partition coefficient (Wildman–Crippen LogP) is 2.98. The van der Waals surface area contributed by atoms with E-state index in [0.717, 1.165) is 24.0 Å². The van der Waals surface area contributed by atoms with Gasteiger partial charge in [0.05, 0.1) is 5.56 Å². The van der Waals surface area contributed by atoms with E-state index in [0.29, 0.717) is 17.9 Å². The van der Waals surface area contributed by atoms with Crippen molar-refractivity contribution in [1.82, 2.24) is 20.1 Å². The number of nitrogens with one attached hydrogen (secondary N) is 1. The molecule has 6 nitrogen and oxygen atoms in total. The number of phenolic OH excluding ortho intramolecular Hbond substituents is 1. The van der Waals surface area contributed by atoms with E-state index in [1.54, 1.807) is 18.2 Å². The number of benzene rings is 2. The fourth-order valence-corrected chi connectivity index (χ4v) is 2.97. The van der Waals surface area contributed by atoms with Crippen LogP contribution < -0.4 is 0 Å². The highest BCUT2D eigenvalue weighted by Gasteiger charge is 2.34. The summed E-state index contributed by atoms with van der Waals surface area (Å²) in [6.07, 6.45) is 3.45. The fourth-order valence-electron chi connectivity index (χ4n) is 2.97. The number of hydrogen-bond acceptors (Lipinski definition) is 4. The Morgan fingerprint density at radius 2 is 2.04 bits per heavy atom. The molecule has 1 aromatic heterocycles. The molecule has 0 spiro atoms. The maximum atomic E-state index is 13.2. The second-order valence-corrected chi connectivity index (χ2v) is 6.21. The molecule has 1 aliphatic carbocycles. The zero-order chi connectivity index (χ0) is 17.2. The first kappa shape index (κ1) is 15.4. The third-order valence-corrected chi connectivity index (χ3v) is 4.34. The van der Waals surface area contributed by atoms with Crippen LogP contribution in [0.25, 0.3) is 11.4 Å². The van der Waals surface area contributed by atoms with E-state index in [4.69, 9.17) is 0 Å². The first-order valence-corrected chi connectivity index (χ1v) is 8.26. The van der Waals surface area contributed by atoms with Crippen LogP contribution in [0.5, 0.6) is 5.75 Å². The molecule has 1 amide bonds. The lowest BCUT2D eigenvalue weighted by Gasteiger charge is -2.23. The molecule has 0 radical (unpaired) electrons. The average Bonchev–Trinajstić information content (AvgIpc) is 3.32. The summed E-state index contributed by atoms with van der Waals surface area (Å²) < 4.78 is 0. The van der Waals surface area contributed by atoms with Crippen molar-refractivity contribution in [2.75, 3.05) is 0 Å². The van der Waals surface area contributed by atoms with Gasteiger partial charge in [-0.05, 0) is 36.6 Å². The van der Waals surface area contributed by atoms with E-state index in [1.807, 2.05) is 35.2 Å². The number of carbonyl (C=O) groups is 1. The Kier molecular flexibility index (Phi) is 3.93. The molecule has 4 rings (SSSR count). The normalized spacial score (nSPS) is 13.6. The quantitative estimate of drug-likeness (QED) is 0.751. The highest BCUT2D eigenvalue weighted by atomic mass is 16.3. The minimum absolute atomic E-state index is 0.0298. The number of carbonyl (C=O) groups excluding carboxylic acids is 1. The summed E-state index contributed by atoms with van der Waals surface area (Å²) in [7, 11) is 0. The van der Waals surface area contributed by atoms with E-state index in [1.165, 1.54) is 6.33 Å². The molecular formula is C19H18N4O2. The summed E-state index contributed by atoms with van der Waals surface area (Å²) >= 11 is 0. The van der Waals surface area contributed by atoms with Gasteiger partial charge in [-0.15, -0.1) is 0 Å². The molecule has 0 atom stereocenters. The number of hydrogen-bond donors (Lipinski definition) is 2. The summed E-state index contributed by atoms with van der Waals surface area (Å²) in [6.45, 7) is 0.475. The van der Waals surface area contributed by atoms with E-state index in [2.05, 4.69) is 15.2 Å². The van der Waals surface area contributed by atoms with Crippen LogP contribution >= 0.6 is 0 Å². The number of nitrogens with zero attached hydrogens (tertiary/aromatic N) is 3. The van der Waals surface area contributed by atoms with Crippen molar-refractivity contribution in [2.24, 2.45) is 0 Å². The standard InChI is InChI=1S/C19H18N4O2/c24-15-5-3-4-13(10-15)11-23(14-8-9-14)19(25)17-7-2-1-6-16(17)18-20-12-21-22-18/h1-7,10,12,14,24H,8-9,11H2,(H,20,21,22). The largest absolute Gasteiger partial charge is 0.508 e. The molecule has 0 saturated heterocycles. The number of aromatic amines is 1. The molecule has 1 saturated carbocycles. The van der Waals surface area contributed by atoms with Crippen LogP contribution in [0, 0.1) is 0 Å². The molecule has 25 heavy (non-hydrogen) atoms. The van der Waals surface area contributed by atoms with Crippen LogP contribution in [-0.2, 0) is 6.54 Å². The van der Waals surface area contributed by atoms with Crippen LogP contribution in [0.3, 0.4) is 0 Å². The van der Waals surface area contributed by atoms with Crippen molar-refractivity contribution >= 4 is 5.91 Å². The molecular weight excluding hydrogens is 316 g/mol. The van der Waals surface area contributed by atoms with Crippen molar-refractivity contribution < 1.29 is 9.90 Å². The van der Waals surface area contributed by atoms with Gasteiger partial charge in [0, 0.05) is 18.2 Å². The van der Waals surface area contributed by atoms with Gasteiger partial charge in [-0.25, -0.2) is 4.98 Å². The van der Waals surface area contributed by atoms with Crippen LogP contribution in [0.15, 0.2) is 54.9 Å². The summed E-state index contributed by atoms with van der Waals surface area (Å²) in [6, 6.07) is 14.7. The summed E-state index contributed by atoms with van der Waals surface area (Å²) in [5, 5.41) is 16.4. The van der Waals surface area contributed by atoms with Gasteiger partial charge < -0.3 is 10.0 Å². The molecule has 0 unspecified atom stereocenters. The van der Waals surface area contributed by atoms with Gasteiger partial charge in [0.1, 0.15) is 12.1 Å². The maximum Gasteiger partial charge on any atom is 0.255 e. The highest BCUT2D eigenvalue weighted by Crippen LogP contribution is 2.32. The lowest BCUT2D eigenvalue weighted by molar-refractivity contribution is 0.0730. The molecule has 0 bridgehead atoms. The van der Waals surface area contributed by atoms with Gasteiger partial charge >= 0.3 is 0 Å². The second-order valence-electron chi connectivity index (χ2n) is 6.21. The number of aromatic nitrogens is 3. The van der Waals surface area contributed by atoms with Crippen LogP contribution in [-0.4, -0.2) is 37.1 Å². The molecule has 1 aliphatic rings. The summed E-state index contributed by atoms with van der Waals surface area (Å²) in [5.41, 5.74) is 2.26. The molecule has 1 fully saturated rings. The van der Waals surface area contributed by atoms with Crippen molar-refractivity contribution in [2.45, 2.75) is 25.4 Å². The van der Waals surface area contributed by atoms with Gasteiger partial charge in [-0.1, -0.05) is 30.3 Å². The first-order valence-electron chi connectivity index (χ1n) is 8.26. The van der Waals surface area contributed by atoms with Crippen molar-refractivity contribution in [3.63, 3.8) is 0 Å². The van der Waals surface area contributed by atoms with E-state index < -0.39 is 0 Å². The SMILES string of the molecule is O=C(c1ccccc1-c1ncn[nH]1)N(Cc1cccc(O)c1)C1CC1. The van der Waals surface area contributed by atoms with Gasteiger partial charge in [0.2, 0.25) is 0 Å². The minimum Gasteiger partial charge on any atom is -0.508 e. The first-order chi connectivity index (χ1) is 12.2. The smallest absolute Gasteiger partial charge is 0.255 e. The lowest BCUT2D eigenvalue weighted by Crippen LogP contribution is -2.33. The third kappa shape index (κ3) is 3.24. The number of rotatable bonds is 5. The topological polar surface area (TPSA) is 82.1 Å².